The lowest BCUT2D eigenvalue weighted by Gasteiger charge is -2.59. The number of piperidine rings is 1. The molecule has 2 aliphatic heterocycles. The Kier molecular flexibility index (Phi) is 12.2. The van der Waals surface area contributed by atoms with Crippen LogP contribution >= 0.6 is 0 Å². The Labute approximate surface area is 360 Å². The maximum absolute atomic E-state index is 14.7. The molecule has 61 heavy (non-hydrogen) atoms. The van der Waals surface area contributed by atoms with Gasteiger partial charge in [-0.05, 0) is 155 Å². The zero-order chi connectivity index (χ0) is 43.1. The first-order valence-corrected chi connectivity index (χ1v) is 22.7. The monoisotopic (exact) mass is 832 g/mol. The van der Waals surface area contributed by atoms with Gasteiger partial charge in [-0.15, -0.1) is 0 Å². The number of hydrogen-bond donors (Lipinski definition) is 3. The lowest BCUT2D eigenvalue weighted by atomic mass is 9.52. The fourth-order valence-corrected chi connectivity index (χ4v) is 11.3. The van der Waals surface area contributed by atoms with Gasteiger partial charge in [-0.1, -0.05) is 49.6 Å². The number of amides is 3. The third-order valence-corrected chi connectivity index (χ3v) is 14.4. The van der Waals surface area contributed by atoms with E-state index < -0.39 is 41.6 Å². The van der Waals surface area contributed by atoms with Crippen LogP contribution in [0.25, 0.3) is 0 Å². The number of alkyl carbamates (subject to hydrolysis) is 1. The Morgan fingerprint density at radius 2 is 1.66 bits per heavy atom. The van der Waals surface area contributed by atoms with Gasteiger partial charge in [0.05, 0.1) is 6.42 Å². The van der Waals surface area contributed by atoms with Crippen LogP contribution in [0, 0.1) is 25.7 Å². The number of rotatable bonds is 11. The van der Waals surface area contributed by atoms with E-state index in [1.54, 1.807) is 32.9 Å². The average Bonchev–Trinajstić information content (AvgIpc) is 3.19. The standard InChI is InChI=1S/C50H64N4O7/c1-31-23-37(55)24-32(2)39(31)28-42(52-48(59)61-49(3,4)5)47(58)54-30-36-14-7-6-13-34(36)25-44(54)46(57)51-21-18-45(56)60-38-17-16-35-26-43-40-15-8-9-19-50(40,41(35)27-38)20-22-53(43)29-33-11-10-12-33/h6-7,13-14,16-17,23-24,27,33,40,42-44,55H,8-12,15,18-22,25-26,28-30H2,1-5H3,(H,51,57)(H,52,59)/t40-,42-,43-,44-,50-/m0/s1. The molecule has 2 heterocycles. The minimum atomic E-state index is -1.07. The number of nitrogens with zero attached hydrogens (tertiary/aromatic N) is 2. The van der Waals surface area contributed by atoms with Gasteiger partial charge in [-0.2, -0.15) is 0 Å². The minimum Gasteiger partial charge on any atom is -0.508 e. The zero-order valence-electron chi connectivity index (χ0n) is 36.7. The summed E-state index contributed by atoms with van der Waals surface area (Å²) in [6, 6.07) is 15.9. The number of carbonyl (C=O) groups is 4. The highest BCUT2D eigenvalue weighted by molar-refractivity contribution is 5.92. The van der Waals surface area contributed by atoms with E-state index >= 15 is 0 Å². The van der Waals surface area contributed by atoms with E-state index in [2.05, 4.69) is 27.7 Å². The lowest BCUT2D eigenvalue weighted by Crippen LogP contribution is -2.61. The van der Waals surface area contributed by atoms with Crippen molar-refractivity contribution in [1.29, 1.82) is 0 Å². The molecule has 11 nitrogen and oxygen atoms in total. The van der Waals surface area contributed by atoms with Crippen molar-refractivity contribution in [3.8, 4) is 11.5 Å². The molecular weight excluding hydrogens is 769 g/mol. The highest BCUT2D eigenvalue weighted by Crippen LogP contribution is 2.56. The summed E-state index contributed by atoms with van der Waals surface area (Å²) in [5.41, 5.74) is 6.34. The van der Waals surface area contributed by atoms with Gasteiger partial charge in [0, 0.05) is 43.9 Å². The first-order valence-electron chi connectivity index (χ1n) is 22.7. The molecule has 3 fully saturated rings. The number of esters is 1. The molecular formula is C50H64N4O7. The fraction of sp³-hybridized carbons (Fsp3) is 0.560. The molecule has 0 spiro atoms. The molecule has 3 amide bonds. The summed E-state index contributed by atoms with van der Waals surface area (Å²) < 4.78 is 11.6. The van der Waals surface area contributed by atoms with E-state index in [1.165, 1.54) is 67.5 Å². The van der Waals surface area contributed by atoms with Gasteiger partial charge < -0.3 is 30.1 Å². The molecule has 3 aliphatic carbocycles. The van der Waals surface area contributed by atoms with E-state index in [9.17, 15) is 24.3 Å². The molecule has 0 radical (unpaired) electrons. The van der Waals surface area contributed by atoms with Crippen molar-refractivity contribution in [3.63, 3.8) is 0 Å². The van der Waals surface area contributed by atoms with Crippen molar-refractivity contribution in [2.45, 2.75) is 147 Å². The number of carbonyl (C=O) groups excluding carboxylic acids is 4. The number of aromatic hydroxyl groups is 1. The van der Waals surface area contributed by atoms with Gasteiger partial charge in [0.25, 0.3) is 0 Å². The van der Waals surface area contributed by atoms with Crippen LogP contribution in [0.3, 0.4) is 0 Å². The number of hydrogen-bond acceptors (Lipinski definition) is 8. The molecule has 5 aliphatic rings. The van der Waals surface area contributed by atoms with Crippen molar-refractivity contribution in [1.82, 2.24) is 20.4 Å². The molecule has 11 heteroatoms. The summed E-state index contributed by atoms with van der Waals surface area (Å²) >= 11 is 0. The lowest BCUT2D eigenvalue weighted by molar-refractivity contribution is -0.143. The first kappa shape index (κ1) is 42.8. The summed E-state index contributed by atoms with van der Waals surface area (Å²) in [6.45, 7) is 11.5. The fourth-order valence-electron chi connectivity index (χ4n) is 11.3. The number of fused-ring (bicyclic) bond motifs is 2. The number of phenolic OH excluding ortho intramolecular Hbond substituents is 1. The van der Waals surface area contributed by atoms with Crippen LogP contribution < -0.4 is 15.4 Å². The van der Waals surface area contributed by atoms with Crippen molar-refractivity contribution >= 4 is 23.9 Å². The highest BCUT2D eigenvalue weighted by atomic mass is 16.6. The smallest absolute Gasteiger partial charge is 0.408 e. The maximum Gasteiger partial charge on any atom is 0.408 e. The van der Waals surface area contributed by atoms with Gasteiger partial charge in [0.2, 0.25) is 11.8 Å². The number of phenols is 1. The number of ether oxygens (including phenoxy) is 2. The molecule has 2 bridgehead atoms. The van der Waals surface area contributed by atoms with Crippen molar-refractivity contribution in [2.24, 2.45) is 11.8 Å². The Bertz CT molecular complexity index is 2140. The SMILES string of the molecule is Cc1cc(O)cc(C)c1C[C@H](NC(=O)OC(C)(C)C)C(=O)N1Cc2ccccc2C[C@H]1C(=O)NCCC(=O)Oc1ccc2c(c1)[C@]13CCCC[C@H]1[C@H](C2)N(CC1CCC1)CC3. The van der Waals surface area contributed by atoms with Crippen LogP contribution in [0.5, 0.6) is 11.5 Å². The summed E-state index contributed by atoms with van der Waals surface area (Å²) in [4.78, 5) is 59.7. The second-order valence-corrected chi connectivity index (χ2v) is 19.6. The van der Waals surface area contributed by atoms with Crippen molar-refractivity contribution in [3.05, 3.63) is 93.5 Å². The van der Waals surface area contributed by atoms with E-state index in [-0.39, 0.29) is 43.5 Å². The van der Waals surface area contributed by atoms with Gasteiger partial charge in [-0.25, -0.2) is 4.79 Å². The molecule has 3 aromatic carbocycles. The molecule has 5 atom stereocenters. The maximum atomic E-state index is 14.7. The van der Waals surface area contributed by atoms with Gasteiger partial charge in [0.1, 0.15) is 29.2 Å². The molecule has 3 aromatic rings. The van der Waals surface area contributed by atoms with E-state index in [0.717, 1.165) is 53.1 Å². The minimum absolute atomic E-state index is 0.0335. The van der Waals surface area contributed by atoms with Gasteiger partial charge in [-0.3, -0.25) is 19.3 Å². The Balaban J connectivity index is 0.946. The Morgan fingerprint density at radius 1 is 0.902 bits per heavy atom. The number of likely N-dealkylation sites (tertiary alicyclic amines) is 1. The number of benzene rings is 3. The molecule has 0 unspecified atom stereocenters. The highest BCUT2D eigenvalue weighted by Gasteiger charge is 2.54. The van der Waals surface area contributed by atoms with Crippen LogP contribution in [0.4, 0.5) is 4.79 Å². The van der Waals surface area contributed by atoms with Crippen LogP contribution in [0.15, 0.2) is 54.6 Å². The average molecular weight is 833 g/mol. The van der Waals surface area contributed by atoms with E-state index in [1.807, 2.05) is 44.2 Å². The second-order valence-electron chi connectivity index (χ2n) is 19.6. The zero-order valence-corrected chi connectivity index (χ0v) is 36.7. The summed E-state index contributed by atoms with van der Waals surface area (Å²) in [5.74, 6) is 0.931. The first-order chi connectivity index (χ1) is 29.2. The van der Waals surface area contributed by atoms with Crippen molar-refractivity contribution < 1.29 is 33.8 Å². The molecule has 0 aromatic heterocycles. The number of nitrogens with one attached hydrogen (secondary N) is 2. The predicted molar refractivity (Wildman–Crippen MR) is 233 cm³/mol. The molecule has 326 valence electrons. The largest absolute Gasteiger partial charge is 0.508 e. The Hall–Kier alpha value is -4.90. The van der Waals surface area contributed by atoms with Crippen LogP contribution in [0.1, 0.15) is 118 Å². The Morgan fingerprint density at radius 3 is 2.38 bits per heavy atom. The number of aryl methyl sites for hydroxylation is 2. The van der Waals surface area contributed by atoms with E-state index in [4.69, 9.17) is 9.47 Å². The molecule has 1 saturated heterocycles. The summed E-state index contributed by atoms with van der Waals surface area (Å²) in [7, 11) is 0. The van der Waals surface area contributed by atoms with Crippen molar-refractivity contribution in [2.75, 3.05) is 19.6 Å². The summed E-state index contributed by atoms with van der Waals surface area (Å²) in [5, 5.41) is 15.9. The third kappa shape index (κ3) is 9.18. The van der Waals surface area contributed by atoms with Crippen LogP contribution in [-0.4, -0.2) is 82.1 Å². The molecule has 2 saturated carbocycles. The van der Waals surface area contributed by atoms with Crippen LogP contribution in [0.2, 0.25) is 0 Å². The van der Waals surface area contributed by atoms with Gasteiger partial charge >= 0.3 is 12.1 Å². The predicted octanol–water partition coefficient (Wildman–Crippen LogP) is 7.37. The normalized spacial score (nSPS) is 24.0. The second kappa shape index (κ2) is 17.5. The quantitative estimate of drug-likeness (QED) is 0.135. The van der Waals surface area contributed by atoms with Gasteiger partial charge in [0.15, 0.2) is 0 Å². The van der Waals surface area contributed by atoms with E-state index in [0.29, 0.717) is 17.7 Å². The third-order valence-electron chi connectivity index (χ3n) is 14.4. The molecule has 3 N–H and O–H groups in total. The topological polar surface area (TPSA) is 138 Å². The summed E-state index contributed by atoms with van der Waals surface area (Å²) in [6.07, 6.45) is 11.0. The molecule has 8 rings (SSSR count). The van der Waals surface area contributed by atoms with Crippen LogP contribution in [-0.2, 0) is 50.3 Å².